The van der Waals surface area contributed by atoms with Crippen molar-refractivity contribution in [2.24, 2.45) is 23.7 Å². The number of fused-ring (bicyclic) bond motifs is 11. The van der Waals surface area contributed by atoms with Crippen LogP contribution in [0.1, 0.15) is 6.42 Å². The van der Waals surface area contributed by atoms with Crippen LogP contribution >= 0.6 is 139 Å². The van der Waals surface area contributed by atoms with Crippen LogP contribution in [0.2, 0.25) is 0 Å². The van der Waals surface area contributed by atoms with Crippen molar-refractivity contribution in [3.63, 3.8) is 0 Å². The minimum Gasteiger partial charge on any atom is -0.109 e. The fraction of sp³-hybridized carbons (Fsp3) is 0.733. The molecule has 0 aromatic carbocycles. The molecule has 3 saturated carbocycles. The van der Waals surface area contributed by atoms with Crippen molar-refractivity contribution >= 4 is 139 Å². The normalized spacial score (nSPS) is 59.1. The maximum atomic E-state index is 7.01. The smallest absolute Gasteiger partial charge is 0.109 e. The van der Waals surface area contributed by atoms with Crippen molar-refractivity contribution < 1.29 is 0 Å². The summed E-state index contributed by atoms with van der Waals surface area (Å²) in [5, 5.41) is 0.417. The van der Waals surface area contributed by atoms with Gasteiger partial charge in [0, 0.05) is 0 Å². The van der Waals surface area contributed by atoms with Gasteiger partial charge in [0.1, 0.15) is 19.5 Å². The summed E-state index contributed by atoms with van der Waals surface area (Å²) in [5.41, 5.74) is 0. The molecule has 0 nitrogen and oxygen atoms in total. The molecule has 0 amide bonds. The number of hydrogen-bond donors (Lipinski definition) is 0. The van der Waals surface area contributed by atoms with Crippen LogP contribution in [0.3, 0.4) is 0 Å². The van der Waals surface area contributed by atoms with E-state index < -0.39 is 40.0 Å². The Bertz CT molecular complexity index is 806. The van der Waals surface area contributed by atoms with Gasteiger partial charge in [-0.15, -0.1) is 46.4 Å². The minimum absolute atomic E-state index is 0.0836. The predicted octanol–water partition coefficient (Wildman–Crippen LogP) is 8.55. The monoisotopic (exact) mass is 606 g/mol. The van der Waals surface area contributed by atoms with Gasteiger partial charge in [-0.2, -0.15) is 0 Å². The molecule has 5 aliphatic carbocycles. The van der Waals surface area contributed by atoms with Crippen LogP contribution in [0.15, 0.2) is 20.1 Å². The van der Waals surface area contributed by atoms with E-state index in [0.29, 0.717) is 6.42 Å². The number of rotatable bonds is 0. The molecular formula is C15H6Cl12. The summed E-state index contributed by atoms with van der Waals surface area (Å²) >= 11 is 80.6. The van der Waals surface area contributed by atoms with E-state index in [-0.39, 0.29) is 32.0 Å². The number of halogens is 12. The molecule has 0 heterocycles. The van der Waals surface area contributed by atoms with Gasteiger partial charge in [0.25, 0.3) is 0 Å². The lowest BCUT2D eigenvalue weighted by Gasteiger charge is -2.43. The fourth-order valence-electron chi connectivity index (χ4n) is 6.16. The van der Waals surface area contributed by atoms with Crippen LogP contribution in [-0.2, 0) is 0 Å². The van der Waals surface area contributed by atoms with Crippen LogP contribution in [0.5, 0.6) is 0 Å². The second-order valence-corrected chi connectivity index (χ2v) is 14.3. The van der Waals surface area contributed by atoms with Crippen LogP contribution < -0.4 is 0 Å². The summed E-state index contributed by atoms with van der Waals surface area (Å²) in [6, 6.07) is 0. The van der Waals surface area contributed by atoms with E-state index in [9.17, 15) is 0 Å². The Hall–Kier alpha value is 2.96. The topological polar surface area (TPSA) is 0 Å². The van der Waals surface area contributed by atoms with Crippen LogP contribution in [-0.4, -0.2) is 28.2 Å². The molecule has 12 heteroatoms. The number of allylic oxidation sites excluding steroid dienone is 4. The molecule has 0 radical (unpaired) electrons. The lowest BCUT2D eigenvalue weighted by atomic mass is 9.74. The molecule has 0 unspecified atom stereocenters. The van der Waals surface area contributed by atoms with Gasteiger partial charge in [0.05, 0.1) is 20.1 Å². The van der Waals surface area contributed by atoms with Crippen molar-refractivity contribution in [2.75, 3.05) is 0 Å². The Labute approximate surface area is 215 Å². The summed E-state index contributed by atoms with van der Waals surface area (Å²) in [4.78, 5) is -5.83. The van der Waals surface area contributed by atoms with Crippen LogP contribution in [0, 0.1) is 23.7 Å². The van der Waals surface area contributed by atoms with Gasteiger partial charge in [-0.25, -0.2) is 0 Å². The zero-order chi connectivity index (χ0) is 20.3. The van der Waals surface area contributed by atoms with Gasteiger partial charge >= 0.3 is 0 Å². The Morgan fingerprint density at radius 3 is 1.04 bits per heavy atom. The molecule has 4 bridgehead atoms. The number of alkyl halides is 8. The zero-order valence-electron chi connectivity index (χ0n) is 12.6. The van der Waals surface area contributed by atoms with E-state index in [2.05, 4.69) is 0 Å². The Balaban J connectivity index is 1.80. The summed E-state index contributed by atoms with van der Waals surface area (Å²) < 4.78 is -3.37. The van der Waals surface area contributed by atoms with E-state index in [0.717, 1.165) is 0 Å². The third-order valence-corrected chi connectivity index (χ3v) is 15.8. The third-order valence-electron chi connectivity index (χ3n) is 7.19. The average Bonchev–Trinajstić information content (AvgIpc) is 3.16. The van der Waals surface area contributed by atoms with Gasteiger partial charge in [-0.3, -0.25) is 0 Å². The Morgan fingerprint density at radius 1 is 0.481 bits per heavy atom. The molecule has 0 saturated heterocycles. The van der Waals surface area contributed by atoms with Crippen molar-refractivity contribution in [1.82, 2.24) is 0 Å². The molecule has 27 heavy (non-hydrogen) atoms. The van der Waals surface area contributed by atoms with E-state index in [4.69, 9.17) is 139 Å². The molecule has 3 fully saturated rings. The van der Waals surface area contributed by atoms with Gasteiger partial charge in [0.15, 0.2) is 8.67 Å². The summed E-state index contributed by atoms with van der Waals surface area (Å²) in [6.45, 7) is 0. The quantitative estimate of drug-likeness (QED) is 0.241. The maximum Gasteiger partial charge on any atom is 0.166 e. The SMILES string of the molecule is ClC1=C(Cl)[C@@]2(Cl)[C@@H]3C[C@@H]4[C@@H]([C@H]3[C@@]1(Cl)C2(Cl)Cl)[C@]1(Cl)C(Cl)=C(Cl)[C@]4(Cl)C1(Cl)Cl. The van der Waals surface area contributed by atoms with Gasteiger partial charge < -0.3 is 0 Å². The predicted molar refractivity (Wildman–Crippen MR) is 119 cm³/mol. The molecule has 8 atom stereocenters. The fourth-order valence-corrected chi connectivity index (χ4v) is 12.4. The summed E-state index contributed by atoms with van der Waals surface area (Å²) in [6.07, 6.45) is 0.397. The van der Waals surface area contributed by atoms with E-state index in [1.165, 1.54) is 0 Å². The first kappa shape index (κ1) is 21.8. The molecule has 5 aliphatic rings. The molecule has 0 aromatic heterocycles. The van der Waals surface area contributed by atoms with Crippen molar-refractivity contribution in [1.29, 1.82) is 0 Å². The summed E-state index contributed by atoms with van der Waals surface area (Å²) in [7, 11) is 0. The highest BCUT2D eigenvalue weighted by Gasteiger charge is 2.92. The lowest BCUT2D eigenvalue weighted by Crippen LogP contribution is -2.51. The van der Waals surface area contributed by atoms with Gasteiger partial charge in [0.2, 0.25) is 0 Å². The molecular weight excluding hydrogens is 606 g/mol. The molecule has 0 N–H and O–H groups in total. The standard InChI is InChI=1S/C15H6Cl12/c16-6-8(18)12(22)4-2(10(6,20)14(12,24)25)1-3-5(4)13(23)9(19)7(17)11(3,21)15(13,26)27/h2-5H,1H2/t2-,3-,4+,5+,10+,11+,12+,13+/m1/s1. The third kappa shape index (κ3) is 1.71. The number of hydrogen-bond acceptors (Lipinski definition) is 0. The van der Waals surface area contributed by atoms with Gasteiger partial charge in [-0.05, 0) is 30.1 Å². The molecule has 0 aliphatic heterocycles. The highest BCUT2D eigenvalue weighted by molar-refractivity contribution is 6.67. The zero-order valence-corrected chi connectivity index (χ0v) is 21.6. The molecule has 0 aromatic rings. The van der Waals surface area contributed by atoms with E-state index in [1.807, 2.05) is 0 Å². The largest absolute Gasteiger partial charge is 0.166 e. The van der Waals surface area contributed by atoms with Gasteiger partial charge in [-0.1, -0.05) is 92.8 Å². The lowest BCUT2D eigenvalue weighted by molar-refractivity contribution is 0.258. The second-order valence-electron chi connectivity index (χ2n) is 7.75. The maximum absolute atomic E-state index is 7.01. The van der Waals surface area contributed by atoms with Crippen molar-refractivity contribution in [2.45, 2.75) is 34.6 Å². The minimum atomic E-state index is -1.69. The molecule has 150 valence electrons. The van der Waals surface area contributed by atoms with E-state index >= 15 is 0 Å². The van der Waals surface area contributed by atoms with Crippen LogP contribution in [0.25, 0.3) is 0 Å². The van der Waals surface area contributed by atoms with Crippen molar-refractivity contribution in [3.05, 3.63) is 20.1 Å². The van der Waals surface area contributed by atoms with E-state index in [1.54, 1.807) is 0 Å². The first-order chi connectivity index (χ1) is 12.1. The van der Waals surface area contributed by atoms with Crippen LogP contribution in [0.4, 0.5) is 0 Å². The average molecular weight is 612 g/mol. The molecule has 0 spiro atoms. The first-order valence-electron chi connectivity index (χ1n) is 7.74. The highest BCUT2D eigenvalue weighted by atomic mass is 35.5. The summed E-state index contributed by atoms with van der Waals surface area (Å²) in [5.74, 6) is -1.82. The Kier molecular flexibility index (Phi) is 4.47. The van der Waals surface area contributed by atoms with Crippen molar-refractivity contribution in [3.8, 4) is 0 Å². The Morgan fingerprint density at radius 2 is 0.741 bits per heavy atom. The second kappa shape index (κ2) is 5.53. The first-order valence-corrected chi connectivity index (χ1v) is 12.3. The molecule has 5 rings (SSSR count). The highest BCUT2D eigenvalue weighted by Crippen LogP contribution is 2.88.